The van der Waals surface area contributed by atoms with E-state index in [0.29, 0.717) is 6.04 Å². The molecule has 1 fully saturated rings. The van der Waals surface area contributed by atoms with Gasteiger partial charge >= 0.3 is 0 Å². The van der Waals surface area contributed by atoms with Crippen LogP contribution in [0, 0.1) is 0 Å². The van der Waals surface area contributed by atoms with Crippen LogP contribution in [0.25, 0.3) is 11.1 Å². The standard InChI is InChI=1S/C15H19N3O/c1-16-14-8-4-7-13(15(14)19-2)11-9-17-18(10-11)12-5-3-6-12/h4,7-10,12,16H,3,5-6H2,1-2H3. The first-order valence-corrected chi connectivity index (χ1v) is 6.72. The molecular formula is C15H19N3O. The van der Waals surface area contributed by atoms with Crippen molar-refractivity contribution >= 4 is 5.69 Å². The number of ether oxygens (including phenoxy) is 1. The maximum Gasteiger partial charge on any atom is 0.149 e. The summed E-state index contributed by atoms with van der Waals surface area (Å²) in [4.78, 5) is 0. The SMILES string of the molecule is CNc1cccc(-c2cnn(C3CCC3)c2)c1OC. The number of anilines is 1. The van der Waals surface area contributed by atoms with Crippen LogP contribution < -0.4 is 10.1 Å². The van der Waals surface area contributed by atoms with Crippen molar-refractivity contribution in [2.45, 2.75) is 25.3 Å². The number of rotatable bonds is 4. The Morgan fingerprint density at radius 3 is 2.84 bits per heavy atom. The Bertz CT molecular complexity index is 573. The largest absolute Gasteiger partial charge is 0.494 e. The Kier molecular flexibility index (Phi) is 3.15. The molecule has 4 heteroatoms. The molecule has 0 aliphatic heterocycles. The van der Waals surface area contributed by atoms with Gasteiger partial charge in [0.2, 0.25) is 0 Å². The van der Waals surface area contributed by atoms with Gasteiger partial charge in [0.05, 0.1) is 25.0 Å². The van der Waals surface area contributed by atoms with E-state index < -0.39 is 0 Å². The van der Waals surface area contributed by atoms with Crippen molar-refractivity contribution in [2.75, 3.05) is 19.5 Å². The van der Waals surface area contributed by atoms with Gasteiger partial charge < -0.3 is 10.1 Å². The molecule has 1 aromatic carbocycles. The average Bonchev–Trinajstić information content (AvgIpc) is 2.84. The monoisotopic (exact) mass is 257 g/mol. The van der Waals surface area contributed by atoms with E-state index in [1.165, 1.54) is 19.3 Å². The first kappa shape index (κ1) is 12.1. The number of hydrogen-bond donors (Lipinski definition) is 1. The minimum atomic E-state index is 0.590. The Labute approximate surface area is 113 Å². The van der Waals surface area contributed by atoms with Gasteiger partial charge in [0.1, 0.15) is 5.75 Å². The molecule has 0 atom stereocenters. The molecule has 3 rings (SSSR count). The Morgan fingerprint density at radius 1 is 1.37 bits per heavy atom. The molecule has 0 amide bonds. The van der Waals surface area contributed by atoms with E-state index in [2.05, 4.69) is 27.4 Å². The molecule has 0 saturated heterocycles. The molecule has 19 heavy (non-hydrogen) atoms. The second-order valence-electron chi connectivity index (χ2n) is 4.93. The summed E-state index contributed by atoms with van der Waals surface area (Å²) in [5, 5.41) is 7.64. The maximum absolute atomic E-state index is 5.53. The molecular weight excluding hydrogens is 238 g/mol. The minimum Gasteiger partial charge on any atom is -0.494 e. The van der Waals surface area contributed by atoms with Crippen molar-refractivity contribution in [3.63, 3.8) is 0 Å². The Morgan fingerprint density at radius 2 is 2.21 bits per heavy atom. The molecule has 1 aliphatic carbocycles. The van der Waals surface area contributed by atoms with E-state index in [0.717, 1.165) is 22.6 Å². The van der Waals surface area contributed by atoms with Gasteiger partial charge in [-0.05, 0) is 25.3 Å². The summed E-state index contributed by atoms with van der Waals surface area (Å²) < 4.78 is 7.62. The predicted molar refractivity (Wildman–Crippen MR) is 76.6 cm³/mol. The Balaban J connectivity index is 1.98. The second-order valence-corrected chi connectivity index (χ2v) is 4.93. The highest BCUT2D eigenvalue weighted by atomic mass is 16.5. The lowest BCUT2D eigenvalue weighted by Crippen LogP contribution is -2.16. The van der Waals surface area contributed by atoms with E-state index >= 15 is 0 Å². The third kappa shape index (κ3) is 2.07. The van der Waals surface area contributed by atoms with Crippen molar-refractivity contribution in [2.24, 2.45) is 0 Å². The fourth-order valence-corrected chi connectivity index (χ4v) is 2.51. The second kappa shape index (κ2) is 4.96. The molecule has 1 aliphatic rings. The lowest BCUT2D eigenvalue weighted by molar-refractivity contribution is 0.289. The molecule has 1 N–H and O–H groups in total. The van der Waals surface area contributed by atoms with E-state index in [1.807, 2.05) is 25.4 Å². The van der Waals surface area contributed by atoms with Gasteiger partial charge in [-0.25, -0.2) is 0 Å². The van der Waals surface area contributed by atoms with Gasteiger partial charge in [-0.1, -0.05) is 12.1 Å². The summed E-state index contributed by atoms with van der Waals surface area (Å²) in [6.07, 6.45) is 7.86. The summed E-state index contributed by atoms with van der Waals surface area (Å²) in [6, 6.07) is 6.71. The van der Waals surface area contributed by atoms with Crippen LogP contribution in [0.4, 0.5) is 5.69 Å². The van der Waals surface area contributed by atoms with E-state index in [4.69, 9.17) is 4.74 Å². The zero-order chi connectivity index (χ0) is 13.2. The molecule has 0 radical (unpaired) electrons. The number of aromatic nitrogens is 2. The zero-order valence-electron chi connectivity index (χ0n) is 11.4. The molecule has 100 valence electrons. The number of para-hydroxylation sites is 1. The van der Waals surface area contributed by atoms with Gasteiger partial charge in [0.15, 0.2) is 0 Å². The summed E-state index contributed by atoms with van der Waals surface area (Å²) >= 11 is 0. The van der Waals surface area contributed by atoms with E-state index in [9.17, 15) is 0 Å². The topological polar surface area (TPSA) is 39.1 Å². The third-order valence-corrected chi connectivity index (χ3v) is 3.85. The molecule has 1 aromatic heterocycles. The van der Waals surface area contributed by atoms with Crippen LogP contribution in [0.2, 0.25) is 0 Å². The fourth-order valence-electron chi connectivity index (χ4n) is 2.51. The smallest absolute Gasteiger partial charge is 0.149 e. The number of methoxy groups -OCH3 is 1. The first-order valence-electron chi connectivity index (χ1n) is 6.72. The normalized spacial score (nSPS) is 15.1. The average molecular weight is 257 g/mol. The van der Waals surface area contributed by atoms with Gasteiger partial charge in [-0.3, -0.25) is 4.68 Å². The highest BCUT2D eigenvalue weighted by molar-refractivity contribution is 5.77. The molecule has 0 unspecified atom stereocenters. The van der Waals surface area contributed by atoms with Crippen molar-refractivity contribution in [1.29, 1.82) is 0 Å². The van der Waals surface area contributed by atoms with Crippen molar-refractivity contribution in [3.8, 4) is 16.9 Å². The maximum atomic E-state index is 5.53. The van der Waals surface area contributed by atoms with Crippen LogP contribution in [0.1, 0.15) is 25.3 Å². The highest BCUT2D eigenvalue weighted by Crippen LogP contribution is 2.37. The van der Waals surface area contributed by atoms with Crippen LogP contribution in [-0.4, -0.2) is 23.9 Å². The van der Waals surface area contributed by atoms with Gasteiger partial charge in [-0.15, -0.1) is 0 Å². The van der Waals surface area contributed by atoms with Crippen LogP contribution in [-0.2, 0) is 0 Å². The van der Waals surface area contributed by atoms with E-state index in [-0.39, 0.29) is 0 Å². The summed E-state index contributed by atoms with van der Waals surface area (Å²) in [5.74, 6) is 0.873. The number of benzene rings is 1. The van der Waals surface area contributed by atoms with Crippen molar-refractivity contribution in [1.82, 2.24) is 9.78 Å². The summed E-state index contributed by atoms with van der Waals surface area (Å²) in [5.41, 5.74) is 3.19. The molecule has 1 heterocycles. The molecule has 2 aromatic rings. The summed E-state index contributed by atoms with van der Waals surface area (Å²) in [7, 11) is 3.61. The molecule has 1 saturated carbocycles. The minimum absolute atomic E-state index is 0.590. The van der Waals surface area contributed by atoms with Crippen LogP contribution in [0.5, 0.6) is 5.75 Å². The van der Waals surface area contributed by atoms with Gasteiger partial charge in [-0.2, -0.15) is 5.10 Å². The molecule has 0 bridgehead atoms. The first-order chi connectivity index (χ1) is 9.33. The number of nitrogens with one attached hydrogen (secondary N) is 1. The van der Waals surface area contributed by atoms with Crippen molar-refractivity contribution in [3.05, 3.63) is 30.6 Å². The van der Waals surface area contributed by atoms with Crippen molar-refractivity contribution < 1.29 is 4.74 Å². The quantitative estimate of drug-likeness (QED) is 0.913. The lowest BCUT2D eigenvalue weighted by Gasteiger charge is -2.25. The fraction of sp³-hybridized carbons (Fsp3) is 0.400. The highest BCUT2D eigenvalue weighted by Gasteiger charge is 2.21. The number of nitrogens with zero attached hydrogens (tertiary/aromatic N) is 2. The molecule has 0 spiro atoms. The Hall–Kier alpha value is -1.97. The van der Waals surface area contributed by atoms with Gasteiger partial charge in [0.25, 0.3) is 0 Å². The van der Waals surface area contributed by atoms with Gasteiger partial charge in [0, 0.05) is 24.4 Å². The van der Waals surface area contributed by atoms with Crippen LogP contribution in [0.3, 0.4) is 0 Å². The predicted octanol–water partition coefficient (Wildman–Crippen LogP) is 3.33. The zero-order valence-corrected chi connectivity index (χ0v) is 11.4. The van der Waals surface area contributed by atoms with Crippen LogP contribution in [0.15, 0.2) is 30.6 Å². The summed E-state index contributed by atoms with van der Waals surface area (Å²) in [6.45, 7) is 0. The number of hydrogen-bond acceptors (Lipinski definition) is 3. The van der Waals surface area contributed by atoms with Crippen LogP contribution >= 0.6 is 0 Å². The van der Waals surface area contributed by atoms with E-state index in [1.54, 1.807) is 7.11 Å². The molecule has 4 nitrogen and oxygen atoms in total. The third-order valence-electron chi connectivity index (χ3n) is 3.85. The lowest BCUT2D eigenvalue weighted by atomic mass is 9.93.